The predicted molar refractivity (Wildman–Crippen MR) is 124 cm³/mol. The van der Waals surface area contributed by atoms with Crippen molar-refractivity contribution in [2.24, 2.45) is 29.6 Å². The van der Waals surface area contributed by atoms with Crippen molar-refractivity contribution in [3.63, 3.8) is 0 Å². The summed E-state index contributed by atoms with van der Waals surface area (Å²) in [6.07, 6.45) is 18.7. The third-order valence-corrected chi connectivity index (χ3v) is 8.76. The van der Waals surface area contributed by atoms with Crippen LogP contribution >= 0.6 is 0 Å². The van der Waals surface area contributed by atoms with Gasteiger partial charge in [-0.05, 0) is 91.7 Å². The number of benzene rings is 1. The molecule has 1 aromatic rings. The Hall–Kier alpha value is -0.850. The van der Waals surface area contributed by atoms with E-state index in [1.54, 1.807) is 12.1 Å². The smallest absolute Gasteiger partial charge is 0.123 e. The minimum atomic E-state index is -0.117. The molecule has 164 valence electrons. The normalized spacial score (nSPS) is 30.1. The van der Waals surface area contributed by atoms with Crippen LogP contribution in [0.3, 0.4) is 0 Å². The van der Waals surface area contributed by atoms with Crippen LogP contribution in [0.15, 0.2) is 24.3 Å². The molecule has 0 saturated heterocycles. The Kier molecular flexibility index (Phi) is 9.07. The van der Waals surface area contributed by atoms with Crippen LogP contribution in [0.25, 0.3) is 0 Å². The number of halogens is 1. The fraction of sp³-hybridized carbons (Fsp3) is 0.786. The maximum atomic E-state index is 13.2. The summed E-state index contributed by atoms with van der Waals surface area (Å²) in [4.78, 5) is 0. The first kappa shape index (κ1) is 22.8. The molecular formula is C28H45F. The van der Waals surface area contributed by atoms with Crippen LogP contribution in [0, 0.1) is 35.4 Å². The average Bonchev–Trinajstić information content (AvgIpc) is 2.77. The van der Waals surface area contributed by atoms with Crippen LogP contribution in [0.1, 0.15) is 116 Å². The van der Waals surface area contributed by atoms with Gasteiger partial charge in [-0.3, -0.25) is 0 Å². The Balaban J connectivity index is 1.39. The van der Waals surface area contributed by atoms with E-state index in [0.717, 1.165) is 29.6 Å². The molecule has 29 heavy (non-hydrogen) atoms. The molecule has 2 unspecified atom stereocenters. The van der Waals surface area contributed by atoms with Gasteiger partial charge in [0, 0.05) is 0 Å². The zero-order valence-electron chi connectivity index (χ0n) is 19.3. The van der Waals surface area contributed by atoms with Gasteiger partial charge in [0.25, 0.3) is 0 Å². The first-order valence-corrected chi connectivity index (χ1v) is 12.8. The second kappa shape index (κ2) is 11.5. The van der Waals surface area contributed by atoms with Gasteiger partial charge in [-0.25, -0.2) is 4.39 Å². The van der Waals surface area contributed by atoms with Crippen molar-refractivity contribution in [2.45, 2.75) is 110 Å². The molecule has 2 aliphatic carbocycles. The molecule has 0 radical (unpaired) electrons. The van der Waals surface area contributed by atoms with Gasteiger partial charge >= 0.3 is 0 Å². The lowest BCUT2D eigenvalue weighted by atomic mass is 9.65. The van der Waals surface area contributed by atoms with Gasteiger partial charge in [0.1, 0.15) is 5.82 Å². The van der Waals surface area contributed by atoms with E-state index in [0.29, 0.717) is 5.92 Å². The summed E-state index contributed by atoms with van der Waals surface area (Å²) in [5.74, 6) is 5.10. The summed E-state index contributed by atoms with van der Waals surface area (Å²) in [5.41, 5.74) is 1.32. The van der Waals surface area contributed by atoms with Crippen molar-refractivity contribution in [3.05, 3.63) is 35.6 Å². The van der Waals surface area contributed by atoms with E-state index in [9.17, 15) is 4.39 Å². The zero-order valence-corrected chi connectivity index (χ0v) is 19.3. The largest absolute Gasteiger partial charge is 0.207 e. The third-order valence-electron chi connectivity index (χ3n) is 8.76. The van der Waals surface area contributed by atoms with Crippen LogP contribution in [-0.2, 0) is 0 Å². The fourth-order valence-electron chi connectivity index (χ4n) is 6.46. The summed E-state index contributed by atoms with van der Waals surface area (Å²) in [6, 6.07) is 7.24. The Labute approximate surface area is 180 Å². The summed E-state index contributed by atoms with van der Waals surface area (Å²) in [7, 11) is 0. The summed E-state index contributed by atoms with van der Waals surface area (Å²) in [5, 5.41) is 0. The Morgan fingerprint density at radius 2 is 1.31 bits per heavy atom. The Bertz CT molecular complexity index is 560. The molecule has 2 saturated carbocycles. The monoisotopic (exact) mass is 400 g/mol. The van der Waals surface area contributed by atoms with Gasteiger partial charge < -0.3 is 0 Å². The molecule has 0 aliphatic heterocycles. The van der Waals surface area contributed by atoms with Gasteiger partial charge in [0.05, 0.1) is 0 Å². The topological polar surface area (TPSA) is 0 Å². The average molecular weight is 401 g/mol. The van der Waals surface area contributed by atoms with Gasteiger partial charge in [0.2, 0.25) is 0 Å². The van der Waals surface area contributed by atoms with Crippen LogP contribution < -0.4 is 0 Å². The molecule has 1 heteroatoms. The van der Waals surface area contributed by atoms with Crippen molar-refractivity contribution in [2.75, 3.05) is 0 Å². The number of unbranched alkanes of at least 4 members (excludes halogenated alkanes) is 3. The molecule has 1 aromatic carbocycles. The third kappa shape index (κ3) is 6.56. The van der Waals surface area contributed by atoms with Crippen molar-refractivity contribution in [1.29, 1.82) is 0 Å². The Morgan fingerprint density at radius 1 is 0.759 bits per heavy atom. The van der Waals surface area contributed by atoms with Crippen LogP contribution in [0.2, 0.25) is 0 Å². The van der Waals surface area contributed by atoms with E-state index in [4.69, 9.17) is 0 Å². The van der Waals surface area contributed by atoms with Crippen LogP contribution in [0.4, 0.5) is 4.39 Å². The zero-order chi connectivity index (χ0) is 20.6. The molecule has 0 nitrogen and oxygen atoms in total. The molecular weight excluding hydrogens is 355 g/mol. The maximum absolute atomic E-state index is 13.2. The van der Waals surface area contributed by atoms with Crippen molar-refractivity contribution in [3.8, 4) is 0 Å². The van der Waals surface area contributed by atoms with Crippen LogP contribution in [0.5, 0.6) is 0 Å². The first-order valence-electron chi connectivity index (χ1n) is 12.8. The SMILES string of the molecule is CCCCCCC1CCC(C(C)C2CCC(C(C)c3ccc(F)cc3)CC2)CC1. The van der Waals surface area contributed by atoms with E-state index < -0.39 is 0 Å². The van der Waals surface area contributed by atoms with Gasteiger partial charge in [-0.15, -0.1) is 0 Å². The summed E-state index contributed by atoms with van der Waals surface area (Å²) < 4.78 is 13.2. The summed E-state index contributed by atoms with van der Waals surface area (Å²) >= 11 is 0. The fourth-order valence-corrected chi connectivity index (χ4v) is 6.46. The van der Waals surface area contributed by atoms with Gasteiger partial charge in [0.15, 0.2) is 0 Å². The lowest BCUT2D eigenvalue weighted by Gasteiger charge is -2.40. The second-order valence-electron chi connectivity index (χ2n) is 10.5. The molecule has 0 heterocycles. The molecule has 0 spiro atoms. The Morgan fingerprint density at radius 3 is 1.90 bits per heavy atom. The lowest BCUT2D eigenvalue weighted by molar-refractivity contribution is 0.118. The number of hydrogen-bond acceptors (Lipinski definition) is 0. The molecule has 2 aliphatic rings. The lowest BCUT2D eigenvalue weighted by Crippen LogP contribution is -2.29. The molecule has 2 atom stereocenters. The summed E-state index contributed by atoms with van der Waals surface area (Å²) in [6.45, 7) is 7.23. The molecule has 0 bridgehead atoms. The van der Waals surface area contributed by atoms with Gasteiger partial charge in [-0.2, -0.15) is 0 Å². The predicted octanol–water partition coefficient (Wildman–Crippen LogP) is 9.15. The van der Waals surface area contributed by atoms with E-state index in [2.05, 4.69) is 20.8 Å². The maximum Gasteiger partial charge on any atom is 0.123 e. The van der Waals surface area contributed by atoms with Crippen molar-refractivity contribution < 1.29 is 4.39 Å². The van der Waals surface area contributed by atoms with E-state index in [-0.39, 0.29) is 5.82 Å². The molecule has 2 fully saturated rings. The molecule has 3 rings (SSSR count). The van der Waals surface area contributed by atoms with Crippen LogP contribution in [-0.4, -0.2) is 0 Å². The van der Waals surface area contributed by atoms with E-state index in [1.165, 1.54) is 89.0 Å². The van der Waals surface area contributed by atoms with Gasteiger partial charge in [-0.1, -0.05) is 77.8 Å². The quantitative estimate of drug-likeness (QED) is 0.362. The molecule has 0 amide bonds. The van der Waals surface area contributed by atoms with E-state index >= 15 is 0 Å². The highest BCUT2D eigenvalue weighted by Gasteiger charge is 2.33. The van der Waals surface area contributed by atoms with Crippen molar-refractivity contribution in [1.82, 2.24) is 0 Å². The second-order valence-corrected chi connectivity index (χ2v) is 10.5. The standard InChI is InChI=1S/C28H45F/c1-4-5-6-7-8-23-9-11-24(12-10-23)21(2)25-13-15-26(16-14-25)22(3)27-17-19-28(29)20-18-27/h17-26H,4-16H2,1-3H3. The van der Waals surface area contributed by atoms with E-state index in [1.807, 2.05) is 12.1 Å². The number of rotatable bonds is 9. The first-order chi connectivity index (χ1) is 14.1. The van der Waals surface area contributed by atoms with Crippen molar-refractivity contribution >= 4 is 0 Å². The minimum absolute atomic E-state index is 0.117. The minimum Gasteiger partial charge on any atom is -0.207 e. The highest BCUT2D eigenvalue weighted by atomic mass is 19.1. The highest BCUT2D eigenvalue weighted by molar-refractivity contribution is 5.20. The number of hydrogen-bond donors (Lipinski definition) is 0. The highest BCUT2D eigenvalue weighted by Crippen LogP contribution is 2.45. The molecule has 0 aromatic heterocycles. The molecule has 0 N–H and O–H groups in total.